The van der Waals surface area contributed by atoms with Crippen molar-refractivity contribution in [3.05, 3.63) is 28.2 Å². The summed E-state index contributed by atoms with van der Waals surface area (Å²) in [5.41, 5.74) is 1.09. The second-order valence-electron chi connectivity index (χ2n) is 3.61. The van der Waals surface area contributed by atoms with Crippen molar-refractivity contribution >= 4 is 11.3 Å². The predicted octanol–water partition coefficient (Wildman–Crippen LogP) is 0.912. The molecule has 2 rings (SSSR count). The second-order valence-corrected chi connectivity index (χ2v) is 4.55. The highest BCUT2D eigenvalue weighted by Crippen LogP contribution is 2.07. The largest absolute Gasteiger partial charge is 0.310 e. The van der Waals surface area contributed by atoms with Gasteiger partial charge in [0, 0.05) is 37.6 Å². The summed E-state index contributed by atoms with van der Waals surface area (Å²) >= 11 is 1.69. The molecule has 0 fully saturated rings. The second kappa shape index (κ2) is 5.18. The standard InChI is InChI=1S/C10H15N5S/c1-8-6-16-10(14-8)5-11-4-3-9-12-7-13-15(9)2/h6-7,11H,3-5H2,1-2H3. The van der Waals surface area contributed by atoms with Crippen molar-refractivity contribution in [1.82, 2.24) is 25.1 Å². The normalized spacial score (nSPS) is 10.9. The first kappa shape index (κ1) is 11.2. The van der Waals surface area contributed by atoms with E-state index in [0.29, 0.717) is 0 Å². The van der Waals surface area contributed by atoms with Crippen LogP contribution in [-0.2, 0) is 20.0 Å². The predicted molar refractivity (Wildman–Crippen MR) is 63.3 cm³/mol. The van der Waals surface area contributed by atoms with Gasteiger partial charge in [0.25, 0.3) is 0 Å². The van der Waals surface area contributed by atoms with Crippen LogP contribution in [0, 0.1) is 6.92 Å². The smallest absolute Gasteiger partial charge is 0.138 e. The highest BCUT2D eigenvalue weighted by molar-refractivity contribution is 7.09. The molecule has 0 atom stereocenters. The third kappa shape index (κ3) is 2.86. The van der Waals surface area contributed by atoms with Gasteiger partial charge in [0.2, 0.25) is 0 Å². The number of rotatable bonds is 5. The van der Waals surface area contributed by atoms with Crippen molar-refractivity contribution in [1.29, 1.82) is 0 Å². The molecule has 5 nitrogen and oxygen atoms in total. The van der Waals surface area contributed by atoms with Gasteiger partial charge in [-0.05, 0) is 6.92 Å². The molecule has 2 aromatic heterocycles. The number of thiazole rings is 1. The van der Waals surface area contributed by atoms with Crippen LogP contribution in [0.15, 0.2) is 11.7 Å². The lowest BCUT2D eigenvalue weighted by Crippen LogP contribution is -2.18. The third-order valence-corrected chi connectivity index (χ3v) is 3.24. The first-order valence-corrected chi connectivity index (χ1v) is 6.08. The molecule has 86 valence electrons. The first-order valence-electron chi connectivity index (χ1n) is 5.20. The van der Waals surface area contributed by atoms with Crippen molar-refractivity contribution in [3.8, 4) is 0 Å². The molecule has 0 aliphatic heterocycles. The Kier molecular flexibility index (Phi) is 3.63. The molecule has 0 aromatic carbocycles. The van der Waals surface area contributed by atoms with Crippen LogP contribution in [0.1, 0.15) is 16.5 Å². The molecule has 0 unspecified atom stereocenters. The zero-order valence-electron chi connectivity index (χ0n) is 9.47. The number of nitrogens with zero attached hydrogens (tertiary/aromatic N) is 4. The molecule has 0 radical (unpaired) electrons. The Morgan fingerprint density at radius 1 is 1.50 bits per heavy atom. The van der Waals surface area contributed by atoms with Gasteiger partial charge in [0.05, 0.1) is 0 Å². The van der Waals surface area contributed by atoms with Gasteiger partial charge in [-0.25, -0.2) is 9.97 Å². The van der Waals surface area contributed by atoms with E-state index in [2.05, 4.69) is 25.8 Å². The average Bonchev–Trinajstić information content (AvgIpc) is 2.83. The van der Waals surface area contributed by atoms with Crippen molar-refractivity contribution in [2.75, 3.05) is 6.54 Å². The van der Waals surface area contributed by atoms with E-state index in [0.717, 1.165) is 36.0 Å². The fourth-order valence-electron chi connectivity index (χ4n) is 1.43. The van der Waals surface area contributed by atoms with Crippen molar-refractivity contribution in [2.45, 2.75) is 19.9 Å². The quantitative estimate of drug-likeness (QED) is 0.785. The molecule has 0 saturated heterocycles. The van der Waals surface area contributed by atoms with Crippen LogP contribution < -0.4 is 5.32 Å². The summed E-state index contributed by atoms with van der Waals surface area (Å²) < 4.78 is 1.80. The summed E-state index contributed by atoms with van der Waals surface area (Å²) in [5.74, 6) is 1.00. The van der Waals surface area contributed by atoms with Gasteiger partial charge < -0.3 is 5.32 Å². The van der Waals surface area contributed by atoms with Crippen molar-refractivity contribution < 1.29 is 0 Å². The summed E-state index contributed by atoms with van der Waals surface area (Å²) in [6.07, 6.45) is 2.47. The summed E-state index contributed by atoms with van der Waals surface area (Å²) in [7, 11) is 1.91. The van der Waals surface area contributed by atoms with E-state index in [9.17, 15) is 0 Å². The highest BCUT2D eigenvalue weighted by Gasteiger charge is 2.01. The molecular weight excluding hydrogens is 222 g/mol. The molecule has 0 aliphatic carbocycles. The minimum Gasteiger partial charge on any atom is -0.310 e. The monoisotopic (exact) mass is 237 g/mol. The van der Waals surface area contributed by atoms with E-state index < -0.39 is 0 Å². The molecule has 0 saturated carbocycles. The van der Waals surface area contributed by atoms with E-state index in [1.807, 2.05) is 14.0 Å². The van der Waals surface area contributed by atoms with E-state index in [-0.39, 0.29) is 0 Å². The number of hydrogen-bond donors (Lipinski definition) is 1. The Balaban J connectivity index is 1.71. The maximum absolute atomic E-state index is 4.39. The van der Waals surface area contributed by atoms with Crippen molar-refractivity contribution in [3.63, 3.8) is 0 Å². The minimum absolute atomic E-state index is 0.830. The number of nitrogens with one attached hydrogen (secondary N) is 1. The summed E-state index contributed by atoms with van der Waals surface area (Å²) in [4.78, 5) is 8.55. The summed E-state index contributed by atoms with van der Waals surface area (Å²) in [6.45, 7) is 3.74. The summed E-state index contributed by atoms with van der Waals surface area (Å²) in [5, 5.41) is 10.6. The Bertz CT molecular complexity index is 448. The Labute approximate surface area is 98.5 Å². The molecule has 0 aliphatic rings. The van der Waals surface area contributed by atoms with E-state index in [1.54, 1.807) is 22.3 Å². The van der Waals surface area contributed by atoms with Gasteiger partial charge in [-0.1, -0.05) is 0 Å². The van der Waals surface area contributed by atoms with E-state index in [4.69, 9.17) is 0 Å². The van der Waals surface area contributed by atoms with Crippen LogP contribution >= 0.6 is 11.3 Å². The Morgan fingerprint density at radius 3 is 3.00 bits per heavy atom. The van der Waals surface area contributed by atoms with E-state index in [1.165, 1.54) is 0 Å². The molecule has 2 heterocycles. The number of aryl methyl sites for hydroxylation is 2. The SMILES string of the molecule is Cc1csc(CNCCc2ncnn2C)n1. The molecule has 0 spiro atoms. The molecule has 0 amide bonds. The van der Waals surface area contributed by atoms with E-state index >= 15 is 0 Å². The fraction of sp³-hybridized carbons (Fsp3) is 0.500. The van der Waals surface area contributed by atoms with Crippen LogP contribution in [0.2, 0.25) is 0 Å². The molecule has 2 aromatic rings. The number of hydrogen-bond acceptors (Lipinski definition) is 5. The maximum Gasteiger partial charge on any atom is 0.138 e. The topological polar surface area (TPSA) is 55.6 Å². The van der Waals surface area contributed by atoms with Crippen LogP contribution in [0.5, 0.6) is 0 Å². The molecule has 1 N–H and O–H groups in total. The lowest BCUT2D eigenvalue weighted by Gasteiger charge is -2.01. The molecule has 6 heteroatoms. The van der Waals surface area contributed by atoms with Gasteiger partial charge >= 0.3 is 0 Å². The van der Waals surface area contributed by atoms with Gasteiger partial charge in [0.15, 0.2) is 0 Å². The zero-order chi connectivity index (χ0) is 11.4. The molecule has 16 heavy (non-hydrogen) atoms. The lowest BCUT2D eigenvalue weighted by molar-refractivity contribution is 0.632. The van der Waals surface area contributed by atoms with Crippen LogP contribution in [0.4, 0.5) is 0 Å². The third-order valence-electron chi connectivity index (χ3n) is 2.27. The zero-order valence-corrected chi connectivity index (χ0v) is 10.3. The van der Waals surface area contributed by atoms with Crippen LogP contribution in [-0.4, -0.2) is 26.3 Å². The fourth-order valence-corrected chi connectivity index (χ4v) is 2.17. The lowest BCUT2D eigenvalue weighted by atomic mass is 10.4. The van der Waals surface area contributed by atoms with Crippen LogP contribution in [0.25, 0.3) is 0 Å². The highest BCUT2D eigenvalue weighted by atomic mass is 32.1. The van der Waals surface area contributed by atoms with Crippen LogP contribution in [0.3, 0.4) is 0 Å². The number of aromatic nitrogens is 4. The first-order chi connectivity index (χ1) is 7.75. The summed E-state index contributed by atoms with van der Waals surface area (Å²) in [6, 6.07) is 0. The Morgan fingerprint density at radius 2 is 2.38 bits per heavy atom. The molecule has 0 bridgehead atoms. The van der Waals surface area contributed by atoms with Gasteiger partial charge in [-0.15, -0.1) is 11.3 Å². The Hall–Kier alpha value is -1.27. The molecular formula is C10H15N5S. The average molecular weight is 237 g/mol. The van der Waals surface area contributed by atoms with Crippen molar-refractivity contribution in [2.24, 2.45) is 7.05 Å². The minimum atomic E-state index is 0.830. The maximum atomic E-state index is 4.39. The van der Waals surface area contributed by atoms with Gasteiger partial charge in [-0.3, -0.25) is 4.68 Å². The van der Waals surface area contributed by atoms with Gasteiger partial charge in [0.1, 0.15) is 17.2 Å². The van der Waals surface area contributed by atoms with Gasteiger partial charge in [-0.2, -0.15) is 5.10 Å².